The first kappa shape index (κ1) is 18.2. The second-order valence-corrected chi connectivity index (χ2v) is 7.50. The SMILES string of the molecule is Cc1cc(S(=O)(=O)NCCN2C(=O)c3cccc(F)c3C2=O)ccc1F. The minimum atomic E-state index is -3.94. The van der Waals surface area contributed by atoms with Gasteiger partial charge >= 0.3 is 0 Å². The van der Waals surface area contributed by atoms with E-state index in [0.717, 1.165) is 23.1 Å². The van der Waals surface area contributed by atoms with Gasteiger partial charge in [0.15, 0.2) is 0 Å². The highest BCUT2D eigenvalue weighted by atomic mass is 32.2. The molecule has 2 amide bonds. The van der Waals surface area contributed by atoms with Crippen LogP contribution < -0.4 is 4.72 Å². The summed E-state index contributed by atoms with van der Waals surface area (Å²) in [4.78, 5) is 25.0. The van der Waals surface area contributed by atoms with Gasteiger partial charge in [-0.2, -0.15) is 0 Å². The third-order valence-electron chi connectivity index (χ3n) is 4.02. The fourth-order valence-electron chi connectivity index (χ4n) is 2.65. The van der Waals surface area contributed by atoms with Crippen LogP contribution in [0.4, 0.5) is 8.78 Å². The van der Waals surface area contributed by atoms with Crippen molar-refractivity contribution in [2.75, 3.05) is 13.1 Å². The minimum Gasteiger partial charge on any atom is -0.273 e. The summed E-state index contributed by atoms with van der Waals surface area (Å²) >= 11 is 0. The molecule has 1 heterocycles. The molecule has 0 aliphatic carbocycles. The lowest BCUT2D eigenvalue weighted by molar-refractivity contribution is 0.0656. The molecule has 0 aromatic heterocycles. The van der Waals surface area contributed by atoms with E-state index in [9.17, 15) is 26.8 Å². The molecule has 2 aromatic rings. The van der Waals surface area contributed by atoms with Crippen molar-refractivity contribution in [3.05, 3.63) is 64.7 Å². The largest absolute Gasteiger partial charge is 0.273 e. The third-order valence-corrected chi connectivity index (χ3v) is 5.47. The number of benzene rings is 2. The Bertz CT molecular complexity index is 1020. The van der Waals surface area contributed by atoms with E-state index in [-0.39, 0.29) is 34.7 Å². The van der Waals surface area contributed by atoms with Gasteiger partial charge in [-0.25, -0.2) is 21.9 Å². The Morgan fingerprint density at radius 1 is 1.04 bits per heavy atom. The second-order valence-electron chi connectivity index (χ2n) is 5.73. The van der Waals surface area contributed by atoms with E-state index in [0.29, 0.717) is 0 Å². The number of carbonyl (C=O) groups is 2. The summed E-state index contributed by atoms with van der Waals surface area (Å²) in [7, 11) is -3.94. The van der Waals surface area contributed by atoms with Crippen molar-refractivity contribution in [1.82, 2.24) is 9.62 Å². The number of carbonyl (C=O) groups excluding carboxylic acids is 2. The van der Waals surface area contributed by atoms with Gasteiger partial charge in [0, 0.05) is 13.1 Å². The average Bonchev–Trinajstić information content (AvgIpc) is 2.83. The Kier molecular flexibility index (Phi) is 4.59. The molecule has 1 N–H and O–H groups in total. The third kappa shape index (κ3) is 3.11. The lowest BCUT2D eigenvalue weighted by Gasteiger charge is -2.14. The highest BCUT2D eigenvalue weighted by Gasteiger charge is 2.37. The molecule has 0 spiro atoms. The second kappa shape index (κ2) is 6.58. The van der Waals surface area contributed by atoms with Crippen LogP contribution in [0.2, 0.25) is 0 Å². The summed E-state index contributed by atoms with van der Waals surface area (Å²) in [6, 6.07) is 7.06. The zero-order valence-electron chi connectivity index (χ0n) is 13.6. The van der Waals surface area contributed by atoms with E-state index in [2.05, 4.69) is 4.72 Å². The molecule has 0 saturated heterocycles. The van der Waals surface area contributed by atoms with Crippen molar-refractivity contribution in [2.24, 2.45) is 0 Å². The Balaban J connectivity index is 1.70. The number of imide groups is 1. The number of hydrogen-bond acceptors (Lipinski definition) is 4. The van der Waals surface area contributed by atoms with Crippen LogP contribution in [0, 0.1) is 18.6 Å². The Hall–Kier alpha value is -2.65. The van der Waals surface area contributed by atoms with Crippen molar-refractivity contribution in [1.29, 1.82) is 0 Å². The maximum atomic E-state index is 13.7. The standard InChI is InChI=1S/C17H14F2N2O4S/c1-10-9-11(5-6-13(10)18)26(24,25)20-7-8-21-16(22)12-3-2-4-14(19)15(12)17(21)23/h2-6,9,20H,7-8H2,1H3. The van der Waals surface area contributed by atoms with Crippen LogP contribution in [0.5, 0.6) is 0 Å². The highest BCUT2D eigenvalue weighted by molar-refractivity contribution is 7.89. The first-order valence-electron chi connectivity index (χ1n) is 7.63. The summed E-state index contributed by atoms with van der Waals surface area (Å²) in [6.45, 7) is 0.915. The highest BCUT2D eigenvalue weighted by Crippen LogP contribution is 2.24. The molecular formula is C17H14F2N2O4S. The predicted octanol–water partition coefficient (Wildman–Crippen LogP) is 1.85. The predicted molar refractivity (Wildman–Crippen MR) is 88.1 cm³/mol. The first-order chi connectivity index (χ1) is 12.2. The molecule has 1 aliphatic heterocycles. The lowest BCUT2D eigenvalue weighted by Crippen LogP contribution is -2.38. The Morgan fingerprint density at radius 3 is 2.42 bits per heavy atom. The van der Waals surface area contributed by atoms with Gasteiger partial charge in [-0.15, -0.1) is 0 Å². The fourth-order valence-corrected chi connectivity index (χ4v) is 3.76. The molecule has 3 rings (SSSR count). The van der Waals surface area contributed by atoms with Gasteiger partial charge in [-0.3, -0.25) is 14.5 Å². The number of nitrogens with one attached hydrogen (secondary N) is 1. The van der Waals surface area contributed by atoms with E-state index in [1.165, 1.54) is 25.1 Å². The van der Waals surface area contributed by atoms with Crippen molar-refractivity contribution in [3.63, 3.8) is 0 Å². The van der Waals surface area contributed by atoms with Gasteiger partial charge in [0.25, 0.3) is 11.8 Å². The van der Waals surface area contributed by atoms with E-state index < -0.39 is 33.5 Å². The van der Waals surface area contributed by atoms with Gasteiger partial charge in [-0.1, -0.05) is 6.07 Å². The molecule has 6 nitrogen and oxygen atoms in total. The molecule has 0 saturated carbocycles. The summed E-state index contributed by atoms with van der Waals surface area (Å²) in [5.74, 6) is -2.82. The van der Waals surface area contributed by atoms with Gasteiger partial charge in [-0.05, 0) is 42.8 Å². The molecule has 0 fully saturated rings. The van der Waals surface area contributed by atoms with E-state index in [1.807, 2.05) is 0 Å². The number of halogens is 2. The summed E-state index contributed by atoms with van der Waals surface area (Å²) in [5.41, 5.74) is -0.190. The van der Waals surface area contributed by atoms with Gasteiger partial charge < -0.3 is 0 Å². The number of rotatable bonds is 5. The van der Waals surface area contributed by atoms with Gasteiger partial charge in [0.2, 0.25) is 10.0 Å². The summed E-state index contributed by atoms with van der Waals surface area (Å²) in [5, 5.41) is 0. The zero-order valence-corrected chi connectivity index (χ0v) is 14.4. The number of amides is 2. The zero-order chi connectivity index (χ0) is 19.1. The maximum absolute atomic E-state index is 13.7. The minimum absolute atomic E-state index is 0.0491. The molecule has 0 radical (unpaired) electrons. The van der Waals surface area contributed by atoms with Gasteiger partial charge in [0.05, 0.1) is 16.0 Å². The number of aryl methyl sites for hydroxylation is 1. The molecule has 136 valence electrons. The Morgan fingerprint density at radius 2 is 1.77 bits per heavy atom. The molecule has 0 atom stereocenters. The van der Waals surface area contributed by atoms with Crippen LogP contribution >= 0.6 is 0 Å². The first-order valence-corrected chi connectivity index (χ1v) is 9.11. The van der Waals surface area contributed by atoms with E-state index in [4.69, 9.17) is 0 Å². The summed E-state index contributed by atoms with van der Waals surface area (Å²) < 4.78 is 53.7. The molecule has 26 heavy (non-hydrogen) atoms. The number of sulfonamides is 1. The van der Waals surface area contributed by atoms with Crippen molar-refractivity contribution in [2.45, 2.75) is 11.8 Å². The van der Waals surface area contributed by atoms with E-state index in [1.54, 1.807) is 0 Å². The van der Waals surface area contributed by atoms with Crippen LogP contribution in [-0.4, -0.2) is 38.2 Å². The molecule has 9 heteroatoms. The fraction of sp³-hybridized carbons (Fsp3) is 0.176. The topological polar surface area (TPSA) is 83.6 Å². The van der Waals surface area contributed by atoms with Crippen molar-refractivity contribution >= 4 is 21.8 Å². The van der Waals surface area contributed by atoms with Crippen LogP contribution in [0.1, 0.15) is 26.3 Å². The average molecular weight is 380 g/mol. The van der Waals surface area contributed by atoms with Crippen molar-refractivity contribution < 1.29 is 26.8 Å². The number of nitrogens with zero attached hydrogens (tertiary/aromatic N) is 1. The maximum Gasteiger partial charge on any atom is 0.264 e. The molecule has 0 bridgehead atoms. The number of hydrogen-bond donors (Lipinski definition) is 1. The monoisotopic (exact) mass is 380 g/mol. The molecular weight excluding hydrogens is 366 g/mol. The molecule has 0 unspecified atom stereocenters. The van der Waals surface area contributed by atoms with Crippen LogP contribution in [-0.2, 0) is 10.0 Å². The molecule has 2 aromatic carbocycles. The summed E-state index contributed by atoms with van der Waals surface area (Å²) in [6.07, 6.45) is 0. The number of fused-ring (bicyclic) bond motifs is 1. The van der Waals surface area contributed by atoms with Crippen LogP contribution in [0.15, 0.2) is 41.3 Å². The smallest absolute Gasteiger partial charge is 0.264 e. The lowest BCUT2D eigenvalue weighted by atomic mass is 10.1. The van der Waals surface area contributed by atoms with Crippen LogP contribution in [0.3, 0.4) is 0 Å². The van der Waals surface area contributed by atoms with Crippen molar-refractivity contribution in [3.8, 4) is 0 Å². The van der Waals surface area contributed by atoms with E-state index >= 15 is 0 Å². The van der Waals surface area contributed by atoms with Gasteiger partial charge in [0.1, 0.15) is 11.6 Å². The molecule has 1 aliphatic rings. The van der Waals surface area contributed by atoms with Crippen LogP contribution in [0.25, 0.3) is 0 Å². The normalized spacial score (nSPS) is 14.0. The quantitative estimate of drug-likeness (QED) is 0.803. The Labute approximate surface area is 148 Å².